The number of rotatable bonds is 8. The molecule has 12 nitrogen and oxygen atoms in total. The van der Waals surface area contributed by atoms with E-state index >= 15 is 0 Å². The molecule has 1 aliphatic heterocycles. The predicted molar refractivity (Wildman–Crippen MR) is 142 cm³/mol. The van der Waals surface area contributed by atoms with Crippen molar-refractivity contribution < 1.29 is 19.1 Å². The molecule has 8 N–H and O–H groups in total. The van der Waals surface area contributed by atoms with Crippen molar-refractivity contribution in [2.45, 2.75) is 38.6 Å². The highest BCUT2D eigenvalue weighted by atomic mass is 16.5. The molecule has 0 bridgehead atoms. The number of hydrogen-bond acceptors (Lipinski definition) is 9. The van der Waals surface area contributed by atoms with Crippen LogP contribution in [0.25, 0.3) is 11.1 Å². The van der Waals surface area contributed by atoms with Crippen molar-refractivity contribution >= 4 is 18.0 Å². The number of anilines is 1. The highest BCUT2D eigenvalue weighted by Crippen LogP contribution is 2.39. The number of nitriles is 1. The second-order valence-corrected chi connectivity index (χ2v) is 8.93. The molecule has 1 aliphatic carbocycles. The molecule has 0 spiro atoms. The molecule has 0 unspecified atom stereocenters. The summed E-state index contributed by atoms with van der Waals surface area (Å²) < 4.78 is 13.1. The van der Waals surface area contributed by atoms with Crippen LogP contribution in [0.3, 0.4) is 0 Å². The molecule has 2 amide bonds. The van der Waals surface area contributed by atoms with Crippen molar-refractivity contribution in [2.24, 2.45) is 23.1 Å². The first-order valence-corrected chi connectivity index (χ1v) is 12.2. The Bertz CT molecular complexity index is 1250. The van der Waals surface area contributed by atoms with Gasteiger partial charge in [-0.15, -0.1) is 0 Å². The number of amides is 2. The first-order chi connectivity index (χ1) is 18.3. The van der Waals surface area contributed by atoms with Gasteiger partial charge in [0.2, 0.25) is 12.3 Å². The van der Waals surface area contributed by atoms with Gasteiger partial charge in [-0.3, -0.25) is 14.3 Å². The van der Waals surface area contributed by atoms with Gasteiger partial charge in [0.25, 0.3) is 0 Å². The fourth-order valence-corrected chi connectivity index (χ4v) is 4.05. The van der Waals surface area contributed by atoms with E-state index in [4.69, 9.17) is 25.7 Å². The summed E-state index contributed by atoms with van der Waals surface area (Å²) in [5.74, 6) is 0.685. The molecule has 2 aliphatic rings. The molecular formula is C26H34N8O4. The van der Waals surface area contributed by atoms with E-state index in [1.165, 1.54) is 0 Å². The minimum Gasteiger partial charge on any atom is -0.494 e. The van der Waals surface area contributed by atoms with Crippen LogP contribution in [0.1, 0.15) is 44.3 Å². The minimum absolute atomic E-state index is 0.0365. The van der Waals surface area contributed by atoms with Crippen molar-refractivity contribution in [1.29, 1.82) is 5.26 Å². The van der Waals surface area contributed by atoms with Crippen LogP contribution in [-0.4, -0.2) is 42.4 Å². The number of nitrogens with two attached hydrogens (primary N) is 3. The standard InChI is InChI=1S/C25H31N7O3.CH3NO/c1-15(27)21(12-23(28)30-25(33)16-6-7-16)29-20-5-3-4-18(24(20)34-2)19-14-32(31-22(19)13-26)17-8-10-35-11-9-17;2-1-3/h3-5,12,14,16-17,29H,6-11,27-28H2,1-2H3,(H,30,33);1H,(H2,2,3)/b21-15+,23-12+;. The maximum absolute atomic E-state index is 12.0. The first-order valence-electron chi connectivity index (χ1n) is 12.2. The topological polar surface area (TPSA) is 196 Å². The molecule has 1 aromatic heterocycles. The summed E-state index contributed by atoms with van der Waals surface area (Å²) in [6, 6.07) is 7.98. The Morgan fingerprint density at radius 2 is 1.92 bits per heavy atom. The van der Waals surface area contributed by atoms with Crippen LogP contribution in [0.4, 0.5) is 5.69 Å². The summed E-state index contributed by atoms with van der Waals surface area (Å²) in [7, 11) is 1.57. The van der Waals surface area contributed by atoms with Crippen LogP contribution >= 0.6 is 0 Å². The molecule has 12 heteroatoms. The molecule has 1 saturated heterocycles. The molecule has 2 aromatic rings. The van der Waals surface area contributed by atoms with Crippen molar-refractivity contribution in [3.8, 4) is 22.9 Å². The van der Waals surface area contributed by atoms with Crippen LogP contribution in [0.5, 0.6) is 5.75 Å². The van der Waals surface area contributed by atoms with Gasteiger partial charge in [-0.25, -0.2) is 0 Å². The Hall–Kier alpha value is -4.50. The van der Waals surface area contributed by atoms with E-state index in [0.29, 0.717) is 47.3 Å². The zero-order chi connectivity index (χ0) is 27.7. The lowest BCUT2D eigenvalue weighted by Gasteiger charge is -2.22. The van der Waals surface area contributed by atoms with Gasteiger partial charge in [-0.1, -0.05) is 12.1 Å². The summed E-state index contributed by atoms with van der Waals surface area (Å²) >= 11 is 0. The van der Waals surface area contributed by atoms with Gasteiger partial charge < -0.3 is 37.3 Å². The molecule has 4 rings (SSSR count). The Labute approximate surface area is 221 Å². The summed E-state index contributed by atoms with van der Waals surface area (Å²) in [4.78, 5) is 20.6. The average Bonchev–Trinajstić information content (AvgIpc) is 3.68. The van der Waals surface area contributed by atoms with Crippen molar-refractivity contribution in [1.82, 2.24) is 15.1 Å². The van der Waals surface area contributed by atoms with Gasteiger partial charge >= 0.3 is 0 Å². The van der Waals surface area contributed by atoms with E-state index in [1.807, 2.05) is 29.1 Å². The van der Waals surface area contributed by atoms with Crippen LogP contribution in [-0.2, 0) is 14.3 Å². The fraction of sp³-hybridized carbons (Fsp3) is 0.385. The monoisotopic (exact) mass is 522 g/mol. The van der Waals surface area contributed by atoms with Crippen LogP contribution in [0.15, 0.2) is 47.7 Å². The van der Waals surface area contributed by atoms with E-state index in [-0.39, 0.29) is 30.1 Å². The van der Waals surface area contributed by atoms with Crippen molar-refractivity contribution in [2.75, 3.05) is 25.6 Å². The molecule has 202 valence electrons. The van der Waals surface area contributed by atoms with Crippen LogP contribution in [0.2, 0.25) is 0 Å². The van der Waals surface area contributed by atoms with E-state index in [0.717, 1.165) is 31.2 Å². The third-order valence-corrected chi connectivity index (χ3v) is 6.12. The van der Waals surface area contributed by atoms with Crippen LogP contribution < -0.4 is 32.6 Å². The first kappa shape index (κ1) is 28.1. The smallest absolute Gasteiger partial charge is 0.228 e. The highest BCUT2D eigenvalue weighted by Gasteiger charge is 2.29. The summed E-state index contributed by atoms with van der Waals surface area (Å²) in [6.07, 6.45) is 7.20. The molecule has 2 fully saturated rings. The maximum Gasteiger partial charge on any atom is 0.228 e. The number of ether oxygens (including phenoxy) is 2. The number of carbonyl (C=O) groups is 2. The third kappa shape index (κ3) is 7.04. The molecule has 0 atom stereocenters. The zero-order valence-corrected chi connectivity index (χ0v) is 21.6. The van der Waals surface area contributed by atoms with Gasteiger partial charge in [0.15, 0.2) is 5.69 Å². The molecule has 1 aromatic carbocycles. The summed E-state index contributed by atoms with van der Waals surface area (Å²) in [6.45, 7) is 3.09. The number of benzene rings is 1. The molecule has 0 radical (unpaired) electrons. The predicted octanol–water partition coefficient (Wildman–Crippen LogP) is 1.81. The second-order valence-electron chi connectivity index (χ2n) is 8.93. The summed E-state index contributed by atoms with van der Waals surface area (Å²) in [5.41, 5.74) is 19.7. The quantitative estimate of drug-likeness (QED) is 0.253. The molecule has 1 saturated carbocycles. The normalized spacial score (nSPS) is 16.3. The molecular weight excluding hydrogens is 488 g/mol. The lowest BCUT2D eigenvalue weighted by molar-refractivity contribution is -0.121. The van der Waals surface area contributed by atoms with Crippen LogP contribution in [0, 0.1) is 17.2 Å². The third-order valence-electron chi connectivity index (χ3n) is 6.12. The van der Waals surface area contributed by atoms with E-state index in [9.17, 15) is 10.1 Å². The Kier molecular flexibility index (Phi) is 9.72. The minimum atomic E-state index is -0.0853. The highest BCUT2D eigenvalue weighted by molar-refractivity contribution is 5.83. The lowest BCUT2D eigenvalue weighted by Crippen LogP contribution is -2.29. The SMILES string of the molecule is COc1c(NC(/C=C(\N)NC(=O)C2CC2)=C(\C)N)cccc1-c1cn(C2CCOCC2)nc1C#N.NC=O. The Morgan fingerprint density at radius 3 is 2.50 bits per heavy atom. The van der Waals surface area contributed by atoms with E-state index in [1.54, 1.807) is 20.1 Å². The number of methoxy groups -OCH3 is 1. The number of aromatic nitrogens is 2. The van der Waals surface area contributed by atoms with E-state index < -0.39 is 0 Å². The number of allylic oxidation sites excluding steroid dienone is 2. The van der Waals surface area contributed by atoms with Crippen molar-refractivity contribution in [3.05, 3.63) is 53.4 Å². The number of hydrogen-bond donors (Lipinski definition) is 5. The number of para-hydroxylation sites is 1. The van der Waals surface area contributed by atoms with Gasteiger partial charge in [0.05, 0.1) is 24.5 Å². The second kappa shape index (κ2) is 13.2. The maximum atomic E-state index is 12.0. The zero-order valence-electron chi connectivity index (χ0n) is 21.6. The number of carbonyl (C=O) groups excluding carboxylic acids is 2. The van der Waals surface area contributed by atoms with Gasteiger partial charge in [-0.05, 0) is 38.7 Å². The van der Waals surface area contributed by atoms with Gasteiger partial charge in [0.1, 0.15) is 17.6 Å². The number of primary amides is 1. The summed E-state index contributed by atoms with van der Waals surface area (Å²) in [5, 5.41) is 20.3. The fourth-order valence-electron chi connectivity index (χ4n) is 4.05. The lowest BCUT2D eigenvalue weighted by atomic mass is 10.0. The Morgan fingerprint density at radius 1 is 1.24 bits per heavy atom. The van der Waals surface area contributed by atoms with Gasteiger partial charge in [-0.2, -0.15) is 10.4 Å². The molecule has 2 heterocycles. The van der Waals surface area contributed by atoms with Crippen molar-refractivity contribution in [3.63, 3.8) is 0 Å². The Balaban J connectivity index is 0.00000127. The average molecular weight is 523 g/mol. The largest absolute Gasteiger partial charge is 0.494 e. The van der Waals surface area contributed by atoms with E-state index in [2.05, 4.69) is 27.5 Å². The van der Waals surface area contributed by atoms with Gasteiger partial charge in [0, 0.05) is 48.2 Å². The molecule has 38 heavy (non-hydrogen) atoms. The number of nitrogens with one attached hydrogen (secondary N) is 2. The number of nitrogens with zero attached hydrogens (tertiary/aromatic N) is 3.